The largest absolute Gasteiger partial charge is 0.481 e. The molecule has 3 rings (SSSR count). The highest BCUT2D eigenvalue weighted by molar-refractivity contribution is 7.17. The molecule has 0 aromatic carbocycles. The fourth-order valence-corrected chi connectivity index (χ4v) is 4.46. The number of nitrogens with one attached hydrogen (secondary N) is 1. The van der Waals surface area contributed by atoms with Crippen LogP contribution in [0.1, 0.15) is 22.3 Å². The molecule has 0 radical (unpaired) electrons. The Hall–Kier alpha value is -2.16. The molecular weight excluding hydrogens is 332 g/mol. The molecule has 1 aromatic heterocycles. The molecule has 2 aliphatic heterocycles. The summed E-state index contributed by atoms with van der Waals surface area (Å²) in [6.45, 7) is 4.43. The molecule has 2 amide bonds. The molecule has 2 saturated heterocycles. The van der Waals surface area contributed by atoms with Crippen molar-refractivity contribution in [3.63, 3.8) is 0 Å². The van der Waals surface area contributed by atoms with Gasteiger partial charge in [-0.05, 0) is 13.8 Å². The highest BCUT2D eigenvalue weighted by atomic mass is 32.1. The van der Waals surface area contributed by atoms with E-state index in [1.165, 1.54) is 16.2 Å². The van der Waals surface area contributed by atoms with E-state index in [2.05, 4.69) is 10.3 Å². The first kappa shape index (κ1) is 16.7. The van der Waals surface area contributed by atoms with E-state index in [4.69, 9.17) is 0 Å². The minimum absolute atomic E-state index is 0.0559. The SMILES string of the molecule is CCN1C[C@]2(C(=O)O)CN(C(=O)c3sc(NC)nc3C)C[C@@H]2C1=O. The van der Waals surface area contributed by atoms with Gasteiger partial charge in [-0.3, -0.25) is 14.4 Å². The highest BCUT2D eigenvalue weighted by Crippen LogP contribution is 2.44. The van der Waals surface area contributed by atoms with Crippen molar-refractivity contribution in [1.82, 2.24) is 14.8 Å². The molecule has 3 heterocycles. The number of rotatable bonds is 4. The molecular formula is C15H20N4O4S. The lowest BCUT2D eigenvalue weighted by Gasteiger charge is -2.24. The predicted molar refractivity (Wildman–Crippen MR) is 88.1 cm³/mol. The van der Waals surface area contributed by atoms with Crippen molar-refractivity contribution < 1.29 is 19.5 Å². The van der Waals surface area contributed by atoms with Crippen LogP contribution in [0.2, 0.25) is 0 Å². The van der Waals surface area contributed by atoms with Crippen molar-refractivity contribution in [1.29, 1.82) is 0 Å². The second kappa shape index (κ2) is 5.73. The van der Waals surface area contributed by atoms with Gasteiger partial charge in [-0.15, -0.1) is 0 Å². The topological polar surface area (TPSA) is 103 Å². The molecule has 24 heavy (non-hydrogen) atoms. The average Bonchev–Trinajstić information content (AvgIpc) is 3.19. The van der Waals surface area contributed by atoms with Gasteiger partial charge in [-0.2, -0.15) is 0 Å². The second-order valence-corrected chi connectivity index (χ2v) is 7.23. The summed E-state index contributed by atoms with van der Waals surface area (Å²) in [6.07, 6.45) is 0. The molecule has 130 valence electrons. The number of thiazole rings is 1. The molecule has 2 atom stereocenters. The number of carbonyl (C=O) groups excluding carboxylic acids is 2. The minimum atomic E-state index is -1.20. The summed E-state index contributed by atoms with van der Waals surface area (Å²) in [6, 6.07) is 0. The van der Waals surface area contributed by atoms with Gasteiger partial charge in [-0.1, -0.05) is 11.3 Å². The van der Waals surface area contributed by atoms with Crippen LogP contribution in [0.15, 0.2) is 0 Å². The lowest BCUT2D eigenvalue weighted by molar-refractivity contribution is -0.149. The maximum absolute atomic E-state index is 12.8. The number of likely N-dealkylation sites (tertiary alicyclic amines) is 2. The summed E-state index contributed by atoms with van der Waals surface area (Å²) in [4.78, 5) is 45.0. The van der Waals surface area contributed by atoms with Crippen LogP contribution in [0.4, 0.5) is 5.13 Å². The van der Waals surface area contributed by atoms with Crippen molar-refractivity contribution in [3.05, 3.63) is 10.6 Å². The van der Waals surface area contributed by atoms with Crippen LogP contribution in [0.5, 0.6) is 0 Å². The molecule has 0 spiro atoms. The van der Waals surface area contributed by atoms with Gasteiger partial charge in [0.15, 0.2) is 5.13 Å². The van der Waals surface area contributed by atoms with E-state index in [0.717, 1.165) is 0 Å². The van der Waals surface area contributed by atoms with E-state index >= 15 is 0 Å². The van der Waals surface area contributed by atoms with Crippen molar-refractivity contribution in [3.8, 4) is 0 Å². The highest BCUT2D eigenvalue weighted by Gasteiger charge is 2.62. The molecule has 9 heteroatoms. The van der Waals surface area contributed by atoms with E-state index in [0.29, 0.717) is 22.2 Å². The summed E-state index contributed by atoms with van der Waals surface area (Å²) in [5, 5.41) is 13.3. The zero-order valence-corrected chi connectivity index (χ0v) is 14.6. The summed E-state index contributed by atoms with van der Waals surface area (Å²) in [5.41, 5.74) is -0.593. The van der Waals surface area contributed by atoms with Crippen molar-refractivity contribution in [2.75, 3.05) is 38.5 Å². The van der Waals surface area contributed by atoms with E-state index in [1.54, 1.807) is 18.9 Å². The van der Waals surface area contributed by atoms with Crippen molar-refractivity contribution in [2.24, 2.45) is 11.3 Å². The molecule has 0 bridgehead atoms. The van der Waals surface area contributed by atoms with Gasteiger partial charge in [0.05, 0.1) is 11.6 Å². The van der Waals surface area contributed by atoms with E-state index in [1.807, 2.05) is 6.92 Å². The van der Waals surface area contributed by atoms with E-state index in [9.17, 15) is 19.5 Å². The van der Waals surface area contributed by atoms with Gasteiger partial charge in [-0.25, -0.2) is 4.98 Å². The summed E-state index contributed by atoms with van der Waals surface area (Å²) < 4.78 is 0. The molecule has 0 aliphatic carbocycles. The zero-order valence-electron chi connectivity index (χ0n) is 13.8. The monoisotopic (exact) mass is 352 g/mol. The number of carbonyl (C=O) groups is 3. The van der Waals surface area contributed by atoms with Crippen LogP contribution in [0, 0.1) is 18.3 Å². The second-order valence-electron chi connectivity index (χ2n) is 6.24. The van der Waals surface area contributed by atoms with E-state index in [-0.39, 0.29) is 31.4 Å². The van der Waals surface area contributed by atoms with Crippen LogP contribution in [-0.4, -0.2) is 70.9 Å². The Labute approximate surface area is 143 Å². The summed E-state index contributed by atoms with van der Waals surface area (Å²) in [5.74, 6) is -2.11. The number of carboxylic acids is 1. The normalized spacial score (nSPS) is 26.0. The van der Waals surface area contributed by atoms with Gasteiger partial charge in [0.25, 0.3) is 5.91 Å². The van der Waals surface area contributed by atoms with Crippen LogP contribution in [-0.2, 0) is 9.59 Å². The first-order chi connectivity index (χ1) is 11.3. The third-order valence-corrected chi connectivity index (χ3v) is 6.09. The Kier molecular flexibility index (Phi) is 3.98. The number of amides is 2. The van der Waals surface area contributed by atoms with Crippen LogP contribution >= 0.6 is 11.3 Å². The van der Waals surface area contributed by atoms with Crippen LogP contribution < -0.4 is 5.32 Å². The predicted octanol–water partition coefficient (Wildman–Crippen LogP) is 0.498. The Morgan fingerprint density at radius 2 is 2.17 bits per heavy atom. The van der Waals surface area contributed by atoms with Crippen LogP contribution in [0.3, 0.4) is 0 Å². The molecule has 1 aromatic rings. The van der Waals surface area contributed by atoms with Crippen molar-refractivity contribution >= 4 is 34.3 Å². The number of anilines is 1. The smallest absolute Gasteiger partial charge is 0.314 e. The Balaban J connectivity index is 1.88. The third kappa shape index (κ3) is 2.26. The van der Waals surface area contributed by atoms with Gasteiger partial charge < -0.3 is 20.2 Å². The van der Waals surface area contributed by atoms with Gasteiger partial charge in [0.2, 0.25) is 5.91 Å². The zero-order chi connectivity index (χ0) is 17.6. The summed E-state index contributed by atoms with van der Waals surface area (Å²) in [7, 11) is 1.73. The maximum Gasteiger partial charge on any atom is 0.314 e. The third-order valence-electron chi connectivity index (χ3n) is 4.93. The molecule has 8 nitrogen and oxygen atoms in total. The standard InChI is InChI=1S/C15H20N4O4S/c1-4-18-6-15(13(22)23)7-19(5-9(15)11(18)20)12(21)10-8(2)17-14(16-3)24-10/h9H,4-7H2,1-3H3,(H,16,17)(H,22,23)/t9-,15+/m1/s1. The number of fused-ring (bicyclic) bond motifs is 1. The lowest BCUT2D eigenvalue weighted by Crippen LogP contribution is -2.42. The molecule has 2 fully saturated rings. The number of hydrogen-bond donors (Lipinski definition) is 2. The number of aliphatic carboxylic acids is 1. The van der Waals surface area contributed by atoms with Gasteiger partial charge in [0.1, 0.15) is 10.3 Å². The fraction of sp³-hybridized carbons (Fsp3) is 0.600. The number of hydrogen-bond acceptors (Lipinski definition) is 6. The number of aryl methyl sites for hydroxylation is 1. The van der Waals surface area contributed by atoms with E-state index < -0.39 is 17.3 Å². The van der Waals surface area contributed by atoms with Crippen molar-refractivity contribution in [2.45, 2.75) is 13.8 Å². The Morgan fingerprint density at radius 1 is 1.46 bits per heavy atom. The average molecular weight is 352 g/mol. The number of nitrogens with zero attached hydrogens (tertiary/aromatic N) is 3. The molecule has 0 unspecified atom stereocenters. The quantitative estimate of drug-likeness (QED) is 0.818. The van der Waals surface area contributed by atoms with Gasteiger partial charge >= 0.3 is 5.97 Å². The Bertz CT molecular complexity index is 718. The lowest BCUT2D eigenvalue weighted by atomic mass is 9.81. The molecule has 2 N–H and O–H groups in total. The minimum Gasteiger partial charge on any atom is -0.481 e. The first-order valence-electron chi connectivity index (χ1n) is 7.80. The van der Waals surface area contributed by atoms with Crippen LogP contribution in [0.25, 0.3) is 0 Å². The molecule has 0 saturated carbocycles. The number of carboxylic acid groups (broad SMARTS) is 1. The fourth-order valence-electron chi connectivity index (χ4n) is 3.58. The molecule has 2 aliphatic rings. The Morgan fingerprint density at radius 3 is 2.67 bits per heavy atom. The summed E-state index contributed by atoms with van der Waals surface area (Å²) >= 11 is 1.24. The number of aromatic nitrogens is 1. The van der Waals surface area contributed by atoms with Gasteiger partial charge in [0, 0.05) is 33.2 Å². The maximum atomic E-state index is 12.8. The first-order valence-corrected chi connectivity index (χ1v) is 8.62.